The molecule has 0 aliphatic carbocycles. The second-order valence-electron chi connectivity index (χ2n) is 6.05. The highest BCUT2D eigenvalue weighted by atomic mass is 16.6. The van der Waals surface area contributed by atoms with Gasteiger partial charge in [0.25, 0.3) is 5.91 Å². The number of carbonyl (C=O) groups excluding carboxylic acids is 1. The Hall–Kier alpha value is -2.69. The molecule has 2 aliphatic heterocycles. The molecule has 0 spiro atoms. The molecular formula is C19H19NO4. The highest BCUT2D eigenvalue weighted by Crippen LogP contribution is 2.33. The first-order valence-corrected chi connectivity index (χ1v) is 8.15. The Morgan fingerprint density at radius 3 is 2.71 bits per heavy atom. The second-order valence-corrected chi connectivity index (χ2v) is 6.05. The minimum Gasteiger partial charge on any atom is -0.486 e. The maximum absolute atomic E-state index is 12.5. The number of amides is 1. The van der Waals surface area contributed by atoms with Crippen molar-refractivity contribution in [1.29, 1.82) is 0 Å². The number of para-hydroxylation sites is 1. The van der Waals surface area contributed by atoms with Crippen molar-refractivity contribution in [1.82, 2.24) is 5.32 Å². The molecule has 2 aromatic carbocycles. The molecule has 0 radical (unpaired) electrons. The summed E-state index contributed by atoms with van der Waals surface area (Å²) >= 11 is 0. The van der Waals surface area contributed by atoms with E-state index >= 15 is 0 Å². The van der Waals surface area contributed by atoms with Crippen molar-refractivity contribution in [2.75, 3.05) is 13.2 Å². The van der Waals surface area contributed by atoms with Crippen LogP contribution in [-0.4, -0.2) is 25.2 Å². The zero-order chi connectivity index (χ0) is 16.5. The summed E-state index contributed by atoms with van der Waals surface area (Å²) in [6.45, 7) is 3.06. The first kappa shape index (κ1) is 14.9. The van der Waals surface area contributed by atoms with E-state index in [2.05, 4.69) is 5.32 Å². The van der Waals surface area contributed by atoms with Crippen molar-refractivity contribution in [3.8, 4) is 17.2 Å². The standard InChI is InChI=1S/C19H19NO4/c1-12(13-6-7-16-17(10-13)23-9-8-22-16)20-19(21)18-11-14-4-2-3-5-15(14)24-18/h2-7,10,12,18H,8-9,11H2,1H3,(H,20,21). The Kier molecular flexibility index (Phi) is 3.76. The SMILES string of the molecule is CC(NC(=O)C1Cc2ccccc2O1)c1ccc2c(c1)OCCO2. The molecule has 4 rings (SSSR count). The van der Waals surface area contributed by atoms with Crippen molar-refractivity contribution in [2.45, 2.75) is 25.5 Å². The lowest BCUT2D eigenvalue weighted by molar-refractivity contribution is -0.127. The van der Waals surface area contributed by atoms with Gasteiger partial charge in [0.05, 0.1) is 6.04 Å². The van der Waals surface area contributed by atoms with Crippen molar-refractivity contribution in [2.24, 2.45) is 0 Å². The van der Waals surface area contributed by atoms with Gasteiger partial charge in [0.2, 0.25) is 0 Å². The minimum absolute atomic E-state index is 0.103. The second kappa shape index (κ2) is 6.07. The molecule has 2 unspecified atom stereocenters. The fraction of sp³-hybridized carbons (Fsp3) is 0.316. The van der Waals surface area contributed by atoms with Crippen LogP contribution in [0.25, 0.3) is 0 Å². The predicted molar refractivity (Wildman–Crippen MR) is 88.6 cm³/mol. The average Bonchev–Trinajstić information content (AvgIpc) is 3.05. The monoisotopic (exact) mass is 325 g/mol. The van der Waals surface area contributed by atoms with Crippen molar-refractivity contribution in [3.63, 3.8) is 0 Å². The number of nitrogens with one attached hydrogen (secondary N) is 1. The van der Waals surface area contributed by atoms with Gasteiger partial charge in [-0.05, 0) is 36.2 Å². The number of ether oxygens (including phenoxy) is 3. The Balaban J connectivity index is 1.43. The van der Waals surface area contributed by atoms with Gasteiger partial charge in [-0.3, -0.25) is 4.79 Å². The van der Waals surface area contributed by atoms with Crippen molar-refractivity contribution in [3.05, 3.63) is 53.6 Å². The van der Waals surface area contributed by atoms with E-state index in [4.69, 9.17) is 14.2 Å². The molecule has 2 aliphatic rings. The average molecular weight is 325 g/mol. The van der Waals surface area contributed by atoms with Crippen LogP contribution in [-0.2, 0) is 11.2 Å². The van der Waals surface area contributed by atoms with Crippen LogP contribution in [0.4, 0.5) is 0 Å². The molecule has 0 fully saturated rings. The molecular weight excluding hydrogens is 306 g/mol. The van der Waals surface area contributed by atoms with E-state index in [1.165, 1.54) is 0 Å². The topological polar surface area (TPSA) is 56.8 Å². The molecule has 2 atom stereocenters. The summed E-state index contributed by atoms with van der Waals surface area (Å²) in [7, 11) is 0. The van der Waals surface area contributed by atoms with Gasteiger partial charge in [0, 0.05) is 6.42 Å². The summed E-state index contributed by atoms with van der Waals surface area (Å²) < 4.78 is 16.9. The normalized spacial score (nSPS) is 19.1. The molecule has 5 heteroatoms. The molecule has 2 heterocycles. The van der Waals surface area contributed by atoms with Crippen LogP contribution in [0.5, 0.6) is 17.2 Å². The van der Waals surface area contributed by atoms with Crippen molar-refractivity contribution >= 4 is 5.91 Å². The minimum atomic E-state index is -0.470. The molecule has 1 N–H and O–H groups in total. The summed E-state index contributed by atoms with van der Waals surface area (Å²) in [5, 5.41) is 3.02. The Morgan fingerprint density at radius 1 is 1.08 bits per heavy atom. The molecule has 0 aromatic heterocycles. The number of hydrogen-bond acceptors (Lipinski definition) is 4. The fourth-order valence-electron chi connectivity index (χ4n) is 3.05. The third-order valence-corrected chi connectivity index (χ3v) is 4.36. The highest BCUT2D eigenvalue weighted by molar-refractivity contribution is 5.83. The van der Waals surface area contributed by atoms with E-state index in [1.54, 1.807) is 0 Å². The summed E-state index contributed by atoms with van der Waals surface area (Å²) in [4.78, 5) is 12.5. The van der Waals surface area contributed by atoms with E-state index in [9.17, 15) is 4.79 Å². The molecule has 0 saturated carbocycles. The Labute approximate surface area is 140 Å². The third-order valence-electron chi connectivity index (χ3n) is 4.36. The van der Waals surface area contributed by atoms with E-state index in [0.717, 1.165) is 28.4 Å². The van der Waals surface area contributed by atoms with Gasteiger partial charge >= 0.3 is 0 Å². The van der Waals surface area contributed by atoms with Crippen LogP contribution < -0.4 is 19.5 Å². The van der Waals surface area contributed by atoms with E-state index in [-0.39, 0.29) is 11.9 Å². The predicted octanol–water partition coefficient (Wildman–Crippen LogP) is 2.64. The van der Waals surface area contributed by atoms with Gasteiger partial charge in [-0.25, -0.2) is 0 Å². The number of hydrogen-bond donors (Lipinski definition) is 1. The number of benzene rings is 2. The van der Waals surface area contributed by atoms with E-state index in [1.807, 2.05) is 49.4 Å². The van der Waals surface area contributed by atoms with Gasteiger partial charge in [-0.1, -0.05) is 24.3 Å². The number of carbonyl (C=O) groups is 1. The number of fused-ring (bicyclic) bond motifs is 2. The molecule has 24 heavy (non-hydrogen) atoms. The smallest absolute Gasteiger partial charge is 0.261 e. The summed E-state index contributed by atoms with van der Waals surface area (Å²) in [6, 6.07) is 13.4. The quantitative estimate of drug-likeness (QED) is 0.942. The summed E-state index contributed by atoms with van der Waals surface area (Å²) in [5.41, 5.74) is 2.05. The first-order chi connectivity index (χ1) is 11.7. The van der Waals surface area contributed by atoms with E-state index in [0.29, 0.717) is 19.6 Å². The molecule has 124 valence electrons. The Bertz CT molecular complexity index is 749. The zero-order valence-corrected chi connectivity index (χ0v) is 13.5. The van der Waals surface area contributed by atoms with Crippen LogP contribution in [0.1, 0.15) is 24.1 Å². The summed E-state index contributed by atoms with van der Waals surface area (Å²) in [6.07, 6.45) is 0.137. The van der Waals surface area contributed by atoms with Crippen molar-refractivity contribution < 1.29 is 19.0 Å². The zero-order valence-electron chi connectivity index (χ0n) is 13.5. The van der Waals surface area contributed by atoms with Crippen LogP contribution in [0.3, 0.4) is 0 Å². The lowest BCUT2D eigenvalue weighted by atomic mass is 10.1. The maximum Gasteiger partial charge on any atom is 0.261 e. The first-order valence-electron chi connectivity index (χ1n) is 8.15. The fourth-order valence-corrected chi connectivity index (χ4v) is 3.05. The summed E-state index contributed by atoms with van der Waals surface area (Å²) in [5.74, 6) is 2.17. The van der Waals surface area contributed by atoms with Gasteiger partial charge in [0.15, 0.2) is 17.6 Å². The van der Waals surface area contributed by atoms with Gasteiger partial charge < -0.3 is 19.5 Å². The maximum atomic E-state index is 12.5. The van der Waals surface area contributed by atoms with Crippen LogP contribution in [0.15, 0.2) is 42.5 Å². The molecule has 0 saturated heterocycles. The van der Waals surface area contributed by atoms with Gasteiger partial charge in [-0.15, -0.1) is 0 Å². The number of rotatable bonds is 3. The molecule has 1 amide bonds. The third kappa shape index (κ3) is 2.77. The van der Waals surface area contributed by atoms with Crippen LogP contribution in [0, 0.1) is 0 Å². The lowest BCUT2D eigenvalue weighted by Gasteiger charge is -2.22. The largest absolute Gasteiger partial charge is 0.486 e. The van der Waals surface area contributed by atoms with Gasteiger partial charge in [-0.2, -0.15) is 0 Å². The molecule has 0 bridgehead atoms. The highest BCUT2D eigenvalue weighted by Gasteiger charge is 2.29. The van der Waals surface area contributed by atoms with E-state index < -0.39 is 6.10 Å². The molecule has 2 aromatic rings. The van der Waals surface area contributed by atoms with Gasteiger partial charge in [0.1, 0.15) is 19.0 Å². The van der Waals surface area contributed by atoms with Crippen LogP contribution >= 0.6 is 0 Å². The Morgan fingerprint density at radius 2 is 1.88 bits per heavy atom. The van der Waals surface area contributed by atoms with Crippen LogP contribution in [0.2, 0.25) is 0 Å². The molecule has 5 nitrogen and oxygen atoms in total. The lowest BCUT2D eigenvalue weighted by Crippen LogP contribution is -2.38.